The lowest BCUT2D eigenvalue weighted by Crippen LogP contribution is -2.56. The summed E-state index contributed by atoms with van der Waals surface area (Å²) in [5.41, 5.74) is -1.90. The Balaban J connectivity index is 2.06. The maximum Gasteiger partial charge on any atom is 0.408 e. The third-order valence-electron chi connectivity index (χ3n) is 6.22. The Hall–Kier alpha value is -2.62. The number of aliphatic hydroxyl groups is 1. The molecule has 2 fully saturated rings. The molecule has 0 radical (unpaired) electrons. The van der Waals surface area contributed by atoms with Gasteiger partial charge in [-0.2, -0.15) is 0 Å². The highest BCUT2D eigenvalue weighted by atomic mass is 16.6. The Labute approximate surface area is 207 Å². The Kier molecular flexibility index (Phi) is 9.71. The minimum absolute atomic E-state index is 0.0332. The molecule has 0 aromatic carbocycles. The van der Waals surface area contributed by atoms with Gasteiger partial charge in [0.25, 0.3) is 0 Å². The van der Waals surface area contributed by atoms with Crippen molar-refractivity contribution < 1.29 is 33.8 Å². The van der Waals surface area contributed by atoms with E-state index < -0.39 is 53.2 Å². The van der Waals surface area contributed by atoms with Crippen molar-refractivity contribution >= 4 is 23.9 Å². The number of rotatable bonds is 10. The first-order chi connectivity index (χ1) is 16.3. The lowest BCUT2D eigenvalue weighted by molar-refractivity contribution is -0.148. The van der Waals surface area contributed by atoms with Crippen molar-refractivity contribution in [2.75, 3.05) is 13.7 Å². The number of β-amino-alcohol motifs (C(OH)–C–C–N with tert-alkyl or cyclic N) is 1. The van der Waals surface area contributed by atoms with E-state index in [9.17, 15) is 24.3 Å². The van der Waals surface area contributed by atoms with E-state index in [-0.39, 0.29) is 18.9 Å². The summed E-state index contributed by atoms with van der Waals surface area (Å²) in [6, 6.07) is -1.95. The molecule has 1 saturated carbocycles. The zero-order valence-electron chi connectivity index (χ0n) is 21.8. The minimum atomic E-state index is -1.17. The van der Waals surface area contributed by atoms with E-state index in [2.05, 4.69) is 17.6 Å². The summed E-state index contributed by atoms with van der Waals surface area (Å²) < 4.78 is 10.1. The van der Waals surface area contributed by atoms with Crippen LogP contribution in [0, 0.1) is 5.92 Å². The number of hydrogen-bond donors (Lipinski definition) is 3. The second-order valence-corrected chi connectivity index (χ2v) is 10.5. The zero-order valence-corrected chi connectivity index (χ0v) is 21.8. The first-order valence-corrected chi connectivity index (χ1v) is 12.4. The Morgan fingerprint density at radius 2 is 1.91 bits per heavy atom. The molecule has 1 saturated heterocycles. The van der Waals surface area contributed by atoms with Crippen LogP contribution in [-0.2, 0) is 23.9 Å². The van der Waals surface area contributed by atoms with Gasteiger partial charge in [-0.25, -0.2) is 9.59 Å². The maximum atomic E-state index is 13.2. The number of carbonyl (C=O) groups is 4. The molecular weight excluding hydrogens is 454 g/mol. The van der Waals surface area contributed by atoms with E-state index in [1.54, 1.807) is 20.8 Å². The number of likely N-dealkylation sites (tertiary alicyclic amines) is 1. The van der Waals surface area contributed by atoms with E-state index in [0.717, 1.165) is 25.7 Å². The summed E-state index contributed by atoms with van der Waals surface area (Å²) in [6.45, 7) is 8.69. The van der Waals surface area contributed by atoms with Crippen LogP contribution in [-0.4, -0.2) is 76.9 Å². The molecule has 1 aliphatic carbocycles. The van der Waals surface area contributed by atoms with Gasteiger partial charge in [0.05, 0.1) is 13.2 Å². The summed E-state index contributed by atoms with van der Waals surface area (Å²) in [5, 5.41) is 15.5. The smallest absolute Gasteiger partial charge is 0.408 e. The number of methoxy groups -OCH3 is 1. The number of aliphatic hydroxyl groups excluding tert-OH is 1. The third kappa shape index (κ3) is 7.68. The number of unbranched alkanes of at least 4 members (excludes halogenated alkanes) is 3. The predicted molar refractivity (Wildman–Crippen MR) is 129 cm³/mol. The van der Waals surface area contributed by atoms with Crippen LogP contribution in [0.2, 0.25) is 0 Å². The van der Waals surface area contributed by atoms with Crippen molar-refractivity contribution in [2.24, 2.45) is 5.92 Å². The van der Waals surface area contributed by atoms with Crippen LogP contribution >= 0.6 is 0 Å². The number of carbonyl (C=O) groups excluding carboxylic acids is 4. The topological polar surface area (TPSA) is 134 Å². The van der Waals surface area contributed by atoms with Gasteiger partial charge in [-0.1, -0.05) is 31.9 Å². The fourth-order valence-corrected chi connectivity index (χ4v) is 4.31. The Morgan fingerprint density at radius 1 is 1.23 bits per heavy atom. The van der Waals surface area contributed by atoms with E-state index in [1.165, 1.54) is 18.9 Å². The van der Waals surface area contributed by atoms with Crippen LogP contribution in [0.15, 0.2) is 12.2 Å². The van der Waals surface area contributed by atoms with Crippen molar-refractivity contribution in [1.29, 1.82) is 0 Å². The second kappa shape index (κ2) is 11.9. The number of nitrogens with one attached hydrogen (secondary N) is 2. The van der Waals surface area contributed by atoms with Gasteiger partial charge in [-0.05, 0) is 47.0 Å². The van der Waals surface area contributed by atoms with Gasteiger partial charge < -0.3 is 30.1 Å². The van der Waals surface area contributed by atoms with E-state index in [4.69, 9.17) is 9.47 Å². The van der Waals surface area contributed by atoms with E-state index >= 15 is 0 Å². The zero-order chi connectivity index (χ0) is 26.4. The van der Waals surface area contributed by atoms with Gasteiger partial charge in [0.2, 0.25) is 11.8 Å². The van der Waals surface area contributed by atoms with Gasteiger partial charge in [-0.15, -0.1) is 0 Å². The van der Waals surface area contributed by atoms with Crippen molar-refractivity contribution in [1.82, 2.24) is 15.5 Å². The third-order valence-corrected chi connectivity index (χ3v) is 6.22. The number of hydrogen-bond acceptors (Lipinski definition) is 7. The van der Waals surface area contributed by atoms with Gasteiger partial charge in [0.15, 0.2) is 0 Å². The largest absolute Gasteiger partial charge is 0.467 e. The van der Waals surface area contributed by atoms with Crippen LogP contribution in [0.5, 0.6) is 0 Å². The fourth-order valence-electron chi connectivity index (χ4n) is 4.31. The van der Waals surface area contributed by atoms with E-state index in [0.29, 0.717) is 6.42 Å². The lowest BCUT2D eigenvalue weighted by Gasteiger charge is -2.29. The first-order valence-electron chi connectivity index (χ1n) is 12.4. The Bertz CT molecular complexity index is 822. The molecule has 0 aromatic heterocycles. The molecule has 3 amide bonds. The van der Waals surface area contributed by atoms with Crippen molar-refractivity contribution in [2.45, 2.75) is 102 Å². The van der Waals surface area contributed by atoms with Crippen molar-refractivity contribution in [3.63, 3.8) is 0 Å². The number of allylic oxidation sites excluding steroid dienone is 1. The molecule has 10 nitrogen and oxygen atoms in total. The van der Waals surface area contributed by atoms with Gasteiger partial charge in [0, 0.05) is 18.9 Å². The molecule has 0 spiro atoms. The average molecular weight is 496 g/mol. The minimum Gasteiger partial charge on any atom is -0.467 e. The second-order valence-electron chi connectivity index (χ2n) is 10.5. The molecule has 1 aliphatic heterocycles. The number of alkyl carbamates (subject to hydrolysis) is 1. The highest BCUT2D eigenvalue weighted by molar-refractivity contribution is 5.96. The maximum absolute atomic E-state index is 13.2. The van der Waals surface area contributed by atoms with E-state index in [1.807, 2.05) is 12.2 Å². The summed E-state index contributed by atoms with van der Waals surface area (Å²) in [7, 11) is 1.27. The van der Waals surface area contributed by atoms with Crippen LogP contribution < -0.4 is 10.6 Å². The summed E-state index contributed by atoms with van der Waals surface area (Å²) in [5.74, 6) is -1.79. The monoisotopic (exact) mass is 495 g/mol. The Morgan fingerprint density at radius 3 is 2.51 bits per heavy atom. The van der Waals surface area contributed by atoms with Crippen LogP contribution in [0.3, 0.4) is 0 Å². The molecule has 3 N–H and O–H groups in total. The molecule has 0 bridgehead atoms. The quantitative estimate of drug-likeness (QED) is 0.240. The molecule has 35 heavy (non-hydrogen) atoms. The molecule has 0 aromatic rings. The summed E-state index contributed by atoms with van der Waals surface area (Å²) in [4.78, 5) is 52.1. The molecule has 5 atom stereocenters. The van der Waals surface area contributed by atoms with Crippen molar-refractivity contribution in [3.05, 3.63) is 12.2 Å². The number of ether oxygens (including phenoxy) is 2. The van der Waals surface area contributed by atoms with Gasteiger partial charge >= 0.3 is 12.1 Å². The van der Waals surface area contributed by atoms with Gasteiger partial charge in [-0.3, -0.25) is 9.59 Å². The molecule has 198 valence electrons. The molecule has 2 aliphatic rings. The predicted octanol–water partition coefficient (Wildman–Crippen LogP) is 2.05. The SMILES string of the molecule is CCCCC/C=C\C1C[C@]1(NC(=O)[C@@H]1C[C@H](O)CN1C(=O)[C@H](C)NC(=O)OC(C)(C)C)C(=O)OC. The molecule has 1 heterocycles. The summed E-state index contributed by atoms with van der Waals surface area (Å²) >= 11 is 0. The first kappa shape index (κ1) is 28.6. The van der Waals surface area contributed by atoms with Crippen LogP contribution in [0.4, 0.5) is 4.79 Å². The van der Waals surface area contributed by atoms with Crippen LogP contribution in [0.25, 0.3) is 0 Å². The fraction of sp³-hybridized carbons (Fsp3) is 0.760. The molecule has 2 rings (SSSR count). The highest BCUT2D eigenvalue weighted by Crippen LogP contribution is 2.46. The normalized spacial score (nSPS) is 26.8. The van der Waals surface area contributed by atoms with Crippen molar-refractivity contribution in [3.8, 4) is 0 Å². The van der Waals surface area contributed by atoms with Gasteiger partial charge in [0.1, 0.15) is 23.2 Å². The average Bonchev–Trinajstić information content (AvgIpc) is 3.31. The molecule has 10 heteroatoms. The standard InChI is InChI=1S/C25H41N3O7/c1-7-8-9-10-11-12-17-14-25(17,22(32)34-6)27-20(30)19-13-18(29)15-28(19)21(31)16(2)26-23(33)35-24(3,4)5/h11-12,16-19,29H,7-10,13-15H2,1-6H3,(H,26,33)(H,27,30)/b12-11-/t16-,17?,18-,19-,25+/m0/s1. The summed E-state index contributed by atoms with van der Waals surface area (Å²) in [6.07, 6.45) is 6.96. The van der Waals surface area contributed by atoms with Crippen LogP contribution in [0.1, 0.15) is 73.1 Å². The molecular formula is C25H41N3O7. The highest BCUT2D eigenvalue weighted by Gasteiger charge is 2.62. The number of nitrogens with zero attached hydrogens (tertiary/aromatic N) is 1. The number of amides is 3. The lowest BCUT2D eigenvalue weighted by atomic mass is 10.1. The molecule has 1 unspecified atom stereocenters. The number of esters is 1.